The van der Waals surface area contributed by atoms with Crippen LogP contribution in [0, 0.1) is 0 Å². The Morgan fingerprint density at radius 3 is 2.85 bits per heavy atom. The van der Waals surface area contributed by atoms with Crippen LogP contribution in [0.15, 0.2) is 22.7 Å². The average Bonchev–Trinajstić information content (AvgIpc) is 3.18. The highest BCUT2D eigenvalue weighted by Gasteiger charge is 2.20. The van der Waals surface area contributed by atoms with Crippen LogP contribution in [0.5, 0.6) is 5.75 Å². The summed E-state index contributed by atoms with van der Waals surface area (Å²) >= 11 is 3.47. The monoisotopic (exact) mass is 340 g/mol. The van der Waals surface area contributed by atoms with E-state index in [4.69, 9.17) is 4.74 Å². The van der Waals surface area contributed by atoms with Gasteiger partial charge >= 0.3 is 0 Å². The van der Waals surface area contributed by atoms with Gasteiger partial charge in [0, 0.05) is 28.7 Å². The van der Waals surface area contributed by atoms with E-state index in [1.54, 1.807) is 0 Å². The summed E-state index contributed by atoms with van der Waals surface area (Å²) in [6.45, 7) is 4.69. The summed E-state index contributed by atoms with van der Waals surface area (Å²) in [5, 5.41) is 6.27. The minimum Gasteiger partial charge on any atom is -0.483 e. The Morgan fingerprint density at radius 1 is 1.45 bits per heavy atom. The summed E-state index contributed by atoms with van der Waals surface area (Å²) in [4.78, 5) is 11.6. The largest absolute Gasteiger partial charge is 0.483 e. The fraction of sp³-hybridized carbons (Fsp3) is 0.533. The zero-order valence-corrected chi connectivity index (χ0v) is 13.5. The van der Waals surface area contributed by atoms with Gasteiger partial charge in [-0.05, 0) is 44.9 Å². The Hall–Kier alpha value is -1.07. The van der Waals surface area contributed by atoms with Gasteiger partial charge in [0.25, 0.3) is 5.91 Å². The number of ether oxygens (including phenoxy) is 1. The molecule has 1 aliphatic rings. The van der Waals surface area contributed by atoms with Crippen molar-refractivity contribution >= 4 is 21.8 Å². The Bertz CT molecular complexity index is 473. The molecular weight excluding hydrogens is 320 g/mol. The van der Waals surface area contributed by atoms with E-state index in [1.165, 1.54) is 12.8 Å². The third-order valence-corrected chi connectivity index (χ3v) is 3.48. The molecule has 0 spiro atoms. The lowest BCUT2D eigenvalue weighted by Crippen LogP contribution is -2.34. The maximum atomic E-state index is 11.6. The second-order valence-corrected chi connectivity index (χ2v) is 6.33. The van der Waals surface area contributed by atoms with E-state index in [9.17, 15) is 4.79 Å². The van der Waals surface area contributed by atoms with Gasteiger partial charge in [0.15, 0.2) is 6.61 Å². The van der Waals surface area contributed by atoms with Crippen molar-refractivity contribution in [3.63, 3.8) is 0 Å². The molecule has 0 saturated heterocycles. The first-order valence-corrected chi connectivity index (χ1v) is 7.78. The summed E-state index contributed by atoms with van der Waals surface area (Å²) in [6, 6.07) is 6.64. The van der Waals surface area contributed by atoms with Crippen molar-refractivity contribution in [3.05, 3.63) is 28.2 Å². The zero-order valence-electron chi connectivity index (χ0n) is 11.9. The summed E-state index contributed by atoms with van der Waals surface area (Å²) in [5.41, 5.74) is 1.07. The number of amides is 1. The Labute approximate surface area is 128 Å². The Balaban J connectivity index is 1.92. The van der Waals surface area contributed by atoms with Crippen molar-refractivity contribution in [3.8, 4) is 5.75 Å². The van der Waals surface area contributed by atoms with E-state index >= 15 is 0 Å². The highest BCUT2D eigenvalue weighted by atomic mass is 79.9. The third kappa shape index (κ3) is 5.13. The van der Waals surface area contributed by atoms with Crippen LogP contribution < -0.4 is 15.4 Å². The first-order chi connectivity index (χ1) is 9.54. The summed E-state index contributed by atoms with van der Waals surface area (Å²) < 4.78 is 6.65. The van der Waals surface area contributed by atoms with Gasteiger partial charge in [-0.25, -0.2) is 0 Å². The molecule has 0 atom stereocenters. The number of benzene rings is 1. The maximum Gasteiger partial charge on any atom is 0.258 e. The van der Waals surface area contributed by atoms with Crippen molar-refractivity contribution < 1.29 is 9.53 Å². The molecule has 0 bridgehead atoms. The zero-order chi connectivity index (χ0) is 14.5. The summed E-state index contributed by atoms with van der Waals surface area (Å²) in [7, 11) is 0. The van der Waals surface area contributed by atoms with Gasteiger partial charge in [-0.2, -0.15) is 0 Å². The van der Waals surface area contributed by atoms with Crippen molar-refractivity contribution in [2.75, 3.05) is 6.61 Å². The molecule has 1 aliphatic carbocycles. The lowest BCUT2D eigenvalue weighted by Gasteiger charge is -2.13. The van der Waals surface area contributed by atoms with E-state index in [1.807, 2.05) is 32.0 Å². The van der Waals surface area contributed by atoms with E-state index in [0.29, 0.717) is 6.04 Å². The highest BCUT2D eigenvalue weighted by molar-refractivity contribution is 9.10. The first-order valence-electron chi connectivity index (χ1n) is 6.98. The van der Waals surface area contributed by atoms with Crippen LogP contribution in [-0.4, -0.2) is 24.6 Å². The average molecular weight is 341 g/mol. The van der Waals surface area contributed by atoms with E-state index in [-0.39, 0.29) is 18.6 Å². The van der Waals surface area contributed by atoms with Crippen LogP contribution in [-0.2, 0) is 11.3 Å². The molecule has 1 fully saturated rings. The molecule has 0 aromatic heterocycles. The topological polar surface area (TPSA) is 50.4 Å². The molecular formula is C15H21BrN2O2. The van der Waals surface area contributed by atoms with Crippen molar-refractivity contribution in [1.82, 2.24) is 10.6 Å². The summed E-state index contributed by atoms with van der Waals surface area (Å²) in [6.07, 6.45) is 2.50. The first kappa shape index (κ1) is 15.3. The Morgan fingerprint density at radius 2 is 2.20 bits per heavy atom. The number of rotatable bonds is 7. The molecule has 2 rings (SSSR count). The van der Waals surface area contributed by atoms with Gasteiger partial charge in [-0.3, -0.25) is 4.79 Å². The predicted molar refractivity (Wildman–Crippen MR) is 82.8 cm³/mol. The normalized spacial score (nSPS) is 14.4. The van der Waals surface area contributed by atoms with Gasteiger partial charge in [0.05, 0.1) is 0 Å². The maximum absolute atomic E-state index is 11.6. The minimum atomic E-state index is -0.0935. The highest BCUT2D eigenvalue weighted by Crippen LogP contribution is 2.25. The van der Waals surface area contributed by atoms with Crippen LogP contribution in [0.3, 0.4) is 0 Å². The van der Waals surface area contributed by atoms with Gasteiger partial charge in [0.1, 0.15) is 5.75 Å². The smallest absolute Gasteiger partial charge is 0.258 e. The molecule has 0 unspecified atom stereocenters. The molecule has 0 heterocycles. The SMILES string of the molecule is CC(C)NC(=O)COc1ccc(Br)cc1CNC1CC1. The van der Waals surface area contributed by atoms with Crippen LogP contribution in [0.25, 0.3) is 0 Å². The molecule has 0 radical (unpaired) electrons. The lowest BCUT2D eigenvalue weighted by molar-refractivity contribution is -0.123. The predicted octanol–water partition coefficient (Wildman–Crippen LogP) is 2.60. The molecule has 0 aliphatic heterocycles. The quantitative estimate of drug-likeness (QED) is 0.802. The van der Waals surface area contributed by atoms with Gasteiger partial charge in [0.2, 0.25) is 0 Å². The van der Waals surface area contributed by atoms with Crippen molar-refractivity contribution in [2.24, 2.45) is 0 Å². The molecule has 4 nitrogen and oxygen atoms in total. The van der Waals surface area contributed by atoms with Crippen molar-refractivity contribution in [1.29, 1.82) is 0 Å². The van der Waals surface area contributed by atoms with E-state index in [0.717, 1.165) is 22.3 Å². The molecule has 5 heteroatoms. The van der Waals surface area contributed by atoms with Crippen LogP contribution in [0.4, 0.5) is 0 Å². The molecule has 2 N–H and O–H groups in total. The number of carbonyl (C=O) groups is 1. The van der Waals surface area contributed by atoms with E-state index in [2.05, 4.69) is 26.6 Å². The fourth-order valence-electron chi connectivity index (χ4n) is 1.88. The number of nitrogens with one attached hydrogen (secondary N) is 2. The standard InChI is InChI=1S/C15H21BrN2O2/c1-10(2)18-15(19)9-20-14-6-3-12(16)7-11(14)8-17-13-4-5-13/h3,6-7,10,13,17H,4-5,8-9H2,1-2H3,(H,18,19). The number of hydrogen-bond donors (Lipinski definition) is 2. The van der Waals surface area contributed by atoms with Gasteiger partial charge < -0.3 is 15.4 Å². The number of hydrogen-bond acceptors (Lipinski definition) is 3. The molecule has 20 heavy (non-hydrogen) atoms. The second kappa shape index (κ2) is 7.09. The van der Waals surface area contributed by atoms with Crippen LogP contribution in [0.1, 0.15) is 32.3 Å². The molecule has 1 amide bonds. The molecule has 1 saturated carbocycles. The second-order valence-electron chi connectivity index (χ2n) is 5.42. The number of halogens is 1. The third-order valence-electron chi connectivity index (χ3n) is 2.99. The number of carbonyl (C=O) groups excluding carboxylic acids is 1. The Kier molecular flexibility index (Phi) is 5.43. The van der Waals surface area contributed by atoms with Crippen molar-refractivity contribution in [2.45, 2.75) is 45.3 Å². The van der Waals surface area contributed by atoms with Crippen LogP contribution in [0.2, 0.25) is 0 Å². The van der Waals surface area contributed by atoms with Gasteiger partial charge in [-0.1, -0.05) is 15.9 Å². The molecule has 110 valence electrons. The minimum absolute atomic E-state index is 0.0518. The van der Waals surface area contributed by atoms with E-state index < -0.39 is 0 Å². The summed E-state index contributed by atoms with van der Waals surface area (Å²) in [5.74, 6) is 0.671. The molecule has 1 aromatic rings. The lowest BCUT2D eigenvalue weighted by atomic mass is 10.2. The molecule has 1 aromatic carbocycles. The fourth-order valence-corrected chi connectivity index (χ4v) is 2.28. The van der Waals surface area contributed by atoms with Gasteiger partial charge in [-0.15, -0.1) is 0 Å². The van der Waals surface area contributed by atoms with Crippen LogP contribution >= 0.6 is 15.9 Å².